The molecule has 2 aromatic carbocycles. The van der Waals surface area contributed by atoms with Gasteiger partial charge in [0.25, 0.3) is 5.91 Å². The molecule has 1 aromatic heterocycles. The van der Waals surface area contributed by atoms with Crippen molar-refractivity contribution >= 4 is 11.6 Å². The number of nitrogens with zero attached hydrogens (tertiary/aromatic N) is 2. The number of ether oxygens (including phenoxy) is 1. The number of rotatable bonds is 6. The zero-order valence-electron chi connectivity index (χ0n) is 13.8. The maximum atomic E-state index is 12.1. The number of para-hydroxylation sites is 1. The number of methoxy groups -OCH3 is 1. The van der Waals surface area contributed by atoms with E-state index in [1.807, 2.05) is 24.3 Å². The number of benzene rings is 2. The lowest BCUT2D eigenvalue weighted by atomic mass is 10.1. The second-order valence-electron chi connectivity index (χ2n) is 5.49. The number of carbonyl (C=O) groups is 1. The largest absolute Gasteiger partial charge is 0.496 e. The molecule has 0 spiro atoms. The summed E-state index contributed by atoms with van der Waals surface area (Å²) in [7, 11) is 1.63. The number of H-pyrrole nitrogens is 1. The fourth-order valence-corrected chi connectivity index (χ4v) is 2.41. The van der Waals surface area contributed by atoms with E-state index in [0.717, 1.165) is 11.3 Å². The number of anilines is 1. The summed E-state index contributed by atoms with van der Waals surface area (Å²) in [5.74, 6) is 1.84. The third kappa shape index (κ3) is 4.14. The molecule has 0 saturated carbocycles. The van der Waals surface area contributed by atoms with Crippen LogP contribution in [0, 0.1) is 0 Å². The van der Waals surface area contributed by atoms with Crippen LogP contribution in [-0.4, -0.2) is 28.2 Å². The summed E-state index contributed by atoms with van der Waals surface area (Å²) >= 11 is 0. The Morgan fingerprint density at radius 1 is 1.20 bits per heavy atom. The van der Waals surface area contributed by atoms with Crippen LogP contribution in [0.25, 0.3) is 0 Å². The van der Waals surface area contributed by atoms with E-state index in [4.69, 9.17) is 10.5 Å². The number of nitrogen functional groups attached to an aromatic ring is 1. The van der Waals surface area contributed by atoms with Crippen molar-refractivity contribution in [1.82, 2.24) is 20.5 Å². The normalized spacial score (nSPS) is 10.4. The Bertz CT molecular complexity index is 858. The third-order valence-electron chi connectivity index (χ3n) is 3.71. The summed E-state index contributed by atoms with van der Waals surface area (Å²) in [5, 5.41) is 9.83. The van der Waals surface area contributed by atoms with Crippen LogP contribution in [0.5, 0.6) is 5.75 Å². The minimum absolute atomic E-state index is 0.192. The highest BCUT2D eigenvalue weighted by molar-refractivity contribution is 5.94. The van der Waals surface area contributed by atoms with E-state index in [-0.39, 0.29) is 12.5 Å². The molecule has 0 unspecified atom stereocenters. The maximum absolute atomic E-state index is 12.1. The van der Waals surface area contributed by atoms with Crippen LogP contribution in [0.1, 0.15) is 27.6 Å². The highest BCUT2D eigenvalue weighted by Gasteiger charge is 2.10. The average Bonchev–Trinajstić information content (AvgIpc) is 3.08. The molecule has 3 rings (SSSR count). The third-order valence-corrected chi connectivity index (χ3v) is 3.71. The fraction of sp³-hybridized carbons (Fsp3) is 0.167. The minimum atomic E-state index is -0.192. The highest BCUT2D eigenvalue weighted by Crippen LogP contribution is 2.19. The Kier molecular flexibility index (Phi) is 4.94. The Morgan fingerprint density at radius 2 is 1.96 bits per heavy atom. The second-order valence-corrected chi connectivity index (χ2v) is 5.49. The van der Waals surface area contributed by atoms with Gasteiger partial charge >= 0.3 is 0 Å². The number of hydrogen-bond donors (Lipinski definition) is 3. The van der Waals surface area contributed by atoms with Crippen LogP contribution in [0.4, 0.5) is 5.69 Å². The predicted octanol–water partition coefficient (Wildman–Crippen LogP) is 1.92. The summed E-state index contributed by atoms with van der Waals surface area (Å²) in [6.45, 7) is 0.266. The van der Waals surface area contributed by atoms with Gasteiger partial charge in [0.05, 0.1) is 13.7 Å². The van der Waals surface area contributed by atoms with Crippen LogP contribution < -0.4 is 15.8 Å². The quantitative estimate of drug-likeness (QED) is 0.596. The van der Waals surface area contributed by atoms with Gasteiger partial charge in [-0.05, 0) is 30.3 Å². The van der Waals surface area contributed by atoms with Crippen molar-refractivity contribution in [3.8, 4) is 5.75 Å². The zero-order chi connectivity index (χ0) is 17.6. The molecule has 128 valence electrons. The lowest BCUT2D eigenvalue weighted by Crippen LogP contribution is -2.23. The molecule has 0 atom stereocenters. The Hall–Kier alpha value is -3.35. The van der Waals surface area contributed by atoms with Gasteiger partial charge in [-0.2, -0.15) is 5.10 Å². The number of nitrogens with two attached hydrogens (primary N) is 1. The molecule has 4 N–H and O–H groups in total. The van der Waals surface area contributed by atoms with Gasteiger partial charge in [-0.1, -0.05) is 18.2 Å². The van der Waals surface area contributed by atoms with Crippen molar-refractivity contribution in [2.75, 3.05) is 12.8 Å². The van der Waals surface area contributed by atoms with Crippen LogP contribution >= 0.6 is 0 Å². The Balaban J connectivity index is 1.60. The van der Waals surface area contributed by atoms with Crippen molar-refractivity contribution in [2.24, 2.45) is 0 Å². The predicted molar refractivity (Wildman–Crippen MR) is 94.2 cm³/mol. The molecule has 7 nitrogen and oxygen atoms in total. The SMILES string of the molecule is COc1ccccc1Cc1n[nH]c(CNC(=O)c2ccc(N)cc2)n1. The zero-order valence-corrected chi connectivity index (χ0v) is 13.8. The molecule has 0 radical (unpaired) electrons. The summed E-state index contributed by atoms with van der Waals surface area (Å²) < 4.78 is 5.33. The fourth-order valence-electron chi connectivity index (χ4n) is 2.41. The molecule has 0 aliphatic heterocycles. The Labute approximate surface area is 145 Å². The molecule has 1 amide bonds. The van der Waals surface area contributed by atoms with Crippen molar-refractivity contribution in [3.05, 3.63) is 71.3 Å². The van der Waals surface area contributed by atoms with Crippen molar-refractivity contribution in [1.29, 1.82) is 0 Å². The monoisotopic (exact) mass is 337 g/mol. The Morgan fingerprint density at radius 3 is 2.72 bits per heavy atom. The first-order chi connectivity index (χ1) is 12.2. The van der Waals surface area contributed by atoms with Crippen molar-refractivity contribution < 1.29 is 9.53 Å². The van der Waals surface area contributed by atoms with E-state index in [2.05, 4.69) is 20.5 Å². The van der Waals surface area contributed by atoms with Gasteiger partial charge in [0.1, 0.15) is 11.6 Å². The molecule has 0 bridgehead atoms. The second kappa shape index (κ2) is 7.48. The molecule has 0 fully saturated rings. The van der Waals surface area contributed by atoms with E-state index in [1.165, 1.54) is 0 Å². The molecule has 1 heterocycles. The lowest BCUT2D eigenvalue weighted by molar-refractivity contribution is 0.0950. The highest BCUT2D eigenvalue weighted by atomic mass is 16.5. The van der Waals surface area contributed by atoms with Crippen molar-refractivity contribution in [3.63, 3.8) is 0 Å². The molecular weight excluding hydrogens is 318 g/mol. The van der Waals surface area contributed by atoms with Crippen LogP contribution in [0.15, 0.2) is 48.5 Å². The smallest absolute Gasteiger partial charge is 0.251 e. The van der Waals surface area contributed by atoms with Crippen LogP contribution in [0.2, 0.25) is 0 Å². The molecule has 0 aliphatic carbocycles. The van der Waals surface area contributed by atoms with E-state index in [9.17, 15) is 4.79 Å². The first kappa shape index (κ1) is 16.5. The van der Waals surface area contributed by atoms with E-state index in [0.29, 0.717) is 29.3 Å². The van der Waals surface area contributed by atoms with E-state index < -0.39 is 0 Å². The number of hydrogen-bond acceptors (Lipinski definition) is 5. The number of nitrogens with one attached hydrogen (secondary N) is 2. The topological polar surface area (TPSA) is 106 Å². The summed E-state index contributed by atoms with van der Waals surface area (Å²) in [4.78, 5) is 16.5. The standard InChI is InChI=1S/C18H19N5O2/c1-25-15-5-3-2-4-13(15)10-16-21-17(23-22-16)11-20-18(24)12-6-8-14(19)9-7-12/h2-9H,10-11,19H2,1H3,(H,20,24)(H,21,22,23). The van der Waals surface area contributed by atoms with Gasteiger partial charge in [0, 0.05) is 23.2 Å². The van der Waals surface area contributed by atoms with Crippen molar-refractivity contribution in [2.45, 2.75) is 13.0 Å². The van der Waals surface area contributed by atoms with Gasteiger partial charge in [-0.3, -0.25) is 9.89 Å². The summed E-state index contributed by atoms with van der Waals surface area (Å²) in [5.41, 5.74) is 7.78. The van der Waals surface area contributed by atoms with Crippen LogP contribution in [-0.2, 0) is 13.0 Å². The summed E-state index contributed by atoms with van der Waals surface area (Å²) in [6.07, 6.45) is 0.548. The molecule has 25 heavy (non-hydrogen) atoms. The molecule has 0 saturated heterocycles. The van der Waals surface area contributed by atoms with E-state index >= 15 is 0 Å². The number of aromatic nitrogens is 3. The first-order valence-corrected chi connectivity index (χ1v) is 7.81. The van der Waals surface area contributed by atoms with Gasteiger partial charge in [0.2, 0.25) is 0 Å². The lowest BCUT2D eigenvalue weighted by Gasteiger charge is -2.05. The average molecular weight is 337 g/mol. The van der Waals surface area contributed by atoms with E-state index in [1.54, 1.807) is 31.4 Å². The summed E-state index contributed by atoms with van der Waals surface area (Å²) in [6, 6.07) is 14.5. The van der Waals surface area contributed by atoms with Gasteiger partial charge < -0.3 is 15.8 Å². The first-order valence-electron chi connectivity index (χ1n) is 7.81. The van der Waals surface area contributed by atoms with Crippen LogP contribution in [0.3, 0.4) is 0 Å². The van der Waals surface area contributed by atoms with Gasteiger partial charge in [-0.15, -0.1) is 0 Å². The molecule has 7 heteroatoms. The minimum Gasteiger partial charge on any atom is -0.496 e. The maximum Gasteiger partial charge on any atom is 0.251 e. The molecular formula is C18H19N5O2. The van der Waals surface area contributed by atoms with Gasteiger partial charge in [0.15, 0.2) is 5.82 Å². The number of carbonyl (C=O) groups excluding carboxylic acids is 1. The molecule has 0 aliphatic rings. The molecule has 3 aromatic rings. The number of aromatic amines is 1. The van der Waals surface area contributed by atoms with Gasteiger partial charge in [-0.25, -0.2) is 4.98 Å². The number of amides is 1.